The van der Waals surface area contributed by atoms with E-state index in [2.05, 4.69) is 5.32 Å². The predicted molar refractivity (Wildman–Crippen MR) is 56.5 cm³/mol. The van der Waals surface area contributed by atoms with Crippen LogP contribution in [0.5, 0.6) is 5.75 Å². The molecule has 1 aromatic carbocycles. The summed E-state index contributed by atoms with van der Waals surface area (Å²) in [5, 5.41) is 3.05. The second-order valence-electron chi connectivity index (χ2n) is 3.14. The molecule has 0 amide bonds. The highest BCUT2D eigenvalue weighted by Gasteiger charge is 2.03. The summed E-state index contributed by atoms with van der Waals surface area (Å²) in [6.07, 6.45) is 0.713. The third-order valence-corrected chi connectivity index (χ3v) is 2.06. The van der Waals surface area contributed by atoms with Gasteiger partial charge in [-0.05, 0) is 30.2 Å². The molecule has 0 bridgehead atoms. The molecule has 1 aromatic rings. The van der Waals surface area contributed by atoms with Crippen LogP contribution < -0.4 is 10.1 Å². The lowest BCUT2D eigenvalue weighted by molar-refractivity contribution is 0.176. The van der Waals surface area contributed by atoms with Crippen LogP contribution in [0, 0.1) is 5.82 Å². The highest BCUT2D eigenvalue weighted by atomic mass is 19.1. The molecule has 15 heavy (non-hydrogen) atoms. The smallest absolute Gasteiger partial charge is 0.123 e. The largest absolute Gasteiger partial charge is 0.496 e. The Kier molecular flexibility index (Phi) is 5.07. The van der Waals surface area contributed by atoms with Crippen molar-refractivity contribution in [2.24, 2.45) is 0 Å². The van der Waals surface area contributed by atoms with Gasteiger partial charge in [-0.3, -0.25) is 5.32 Å². The summed E-state index contributed by atoms with van der Waals surface area (Å²) in [5.74, 6) is 0.480. The van der Waals surface area contributed by atoms with E-state index in [1.807, 2.05) is 0 Å². The highest BCUT2D eigenvalue weighted by molar-refractivity contribution is 5.34. The monoisotopic (exact) mass is 213 g/mol. The molecule has 1 rings (SSSR count). The summed E-state index contributed by atoms with van der Waals surface area (Å²) in [7, 11) is 3.20. The number of ether oxygens (including phenoxy) is 2. The van der Waals surface area contributed by atoms with Gasteiger partial charge in [-0.2, -0.15) is 0 Å². The summed E-state index contributed by atoms with van der Waals surface area (Å²) >= 11 is 0. The Balaban J connectivity index is 2.54. The molecule has 0 unspecified atom stereocenters. The van der Waals surface area contributed by atoms with Crippen molar-refractivity contribution in [1.29, 1.82) is 0 Å². The lowest BCUT2D eigenvalue weighted by atomic mass is 10.1. The van der Waals surface area contributed by atoms with Crippen molar-refractivity contribution >= 4 is 0 Å². The molecule has 0 fully saturated rings. The number of halogens is 1. The summed E-state index contributed by atoms with van der Waals surface area (Å²) < 4.78 is 22.9. The van der Waals surface area contributed by atoms with Crippen molar-refractivity contribution in [3.05, 3.63) is 29.6 Å². The molecule has 1 N–H and O–H groups in total. The second-order valence-corrected chi connectivity index (χ2v) is 3.14. The summed E-state index contributed by atoms with van der Waals surface area (Å²) in [4.78, 5) is 0. The molecule has 0 saturated heterocycles. The first-order chi connectivity index (χ1) is 7.27. The molecule has 0 aliphatic heterocycles. The fourth-order valence-electron chi connectivity index (χ4n) is 1.34. The maximum Gasteiger partial charge on any atom is 0.123 e. The van der Waals surface area contributed by atoms with Gasteiger partial charge in [0.2, 0.25) is 0 Å². The van der Waals surface area contributed by atoms with E-state index in [4.69, 9.17) is 9.47 Å². The van der Waals surface area contributed by atoms with Crippen LogP contribution in [0.2, 0.25) is 0 Å². The summed E-state index contributed by atoms with van der Waals surface area (Å²) in [6.45, 7) is 1.23. The molecule has 0 saturated carbocycles. The van der Waals surface area contributed by atoms with Crippen LogP contribution in [0.3, 0.4) is 0 Å². The molecule has 4 heteroatoms. The third-order valence-electron chi connectivity index (χ3n) is 2.06. The number of methoxy groups -OCH3 is 2. The quantitative estimate of drug-likeness (QED) is 0.574. The van der Waals surface area contributed by atoms with E-state index in [1.54, 1.807) is 20.3 Å². The molecule has 0 heterocycles. The van der Waals surface area contributed by atoms with Crippen molar-refractivity contribution in [2.45, 2.75) is 6.42 Å². The minimum atomic E-state index is -0.238. The fraction of sp³-hybridized carbons (Fsp3) is 0.455. The van der Waals surface area contributed by atoms with Crippen LogP contribution >= 0.6 is 0 Å². The minimum Gasteiger partial charge on any atom is -0.496 e. The number of benzene rings is 1. The van der Waals surface area contributed by atoms with Crippen LogP contribution in [-0.4, -0.2) is 27.5 Å². The normalized spacial score (nSPS) is 10.3. The average molecular weight is 213 g/mol. The Morgan fingerprint density at radius 3 is 2.80 bits per heavy atom. The first-order valence-corrected chi connectivity index (χ1v) is 4.80. The van der Waals surface area contributed by atoms with Gasteiger partial charge in [-0.15, -0.1) is 0 Å². The molecular formula is C11H16FNO2. The number of hydrogen-bond acceptors (Lipinski definition) is 3. The molecule has 3 nitrogen and oxygen atoms in total. The molecule has 0 atom stereocenters. The van der Waals surface area contributed by atoms with Crippen LogP contribution in [-0.2, 0) is 11.2 Å². The van der Waals surface area contributed by atoms with E-state index in [0.29, 0.717) is 13.2 Å². The lowest BCUT2D eigenvalue weighted by Gasteiger charge is -2.08. The van der Waals surface area contributed by atoms with E-state index in [9.17, 15) is 4.39 Å². The zero-order valence-electron chi connectivity index (χ0n) is 9.05. The molecule has 0 radical (unpaired) electrons. The second kappa shape index (κ2) is 6.37. The molecule has 0 spiro atoms. The van der Waals surface area contributed by atoms with Gasteiger partial charge in [0.05, 0.1) is 13.8 Å². The van der Waals surface area contributed by atoms with Crippen LogP contribution in [0.15, 0.2) is 18.2 Å². The standard InChI is InChI=1S/C11H16FNO2/c1-14-8-13-6-5-9-7-10(12)3-4-11(9)15-2/h3-4,7,13H,5-6,8H2,1-2H3. The van der Waals surface area contributed by atoms with E-state index >= 15 is 0 Å². The van der Waals surface area contributed by atoms with E-state index in [0.717, 1.165) is 17.9 Å². The lowest BCUT2D eigenvalue weighted by Crippen LogP contribution is -2.19. The molecule has 0 aliphatic rings. The summed E-state index contributed by atoms with van der Waals surface area (Å²) in [6, 6.07) is 4.53. The van der Waals surface area contributed by atoms with Crippen LogP contribution in [0.1, 0.15) is 5.56 Å². The maximum absolute atomic E-state index is 13.0. The van der Waals surface area contributed by atoms with Crippen LogP contribution in [0.25, 0.3) is 0 Å². The Bertz CT molecular complexity index is 305. The van der Waals surface area contributed by atoms with Crippen molar-refractivity contribution in [3.8, 4) is 5.75 Å². The minimum absolute atomic E-state index is 0.238. The van der Waals surface area contributed by atoms with Crippen molar-refractivity contribution in [1.82, 2.24) is 5.32 Å². The number of nitrogens with one attached hydrogen (secondary N) is 1. The SMILES string of the molecule is COCNCCc1cc(F)ccc1OC. The van der Waals surface area contributed by atoms with Crippen molar-refractivity contribution in [2.75, 3.05) is 27.5 Å². The number of hydrogen-bond donors (Lipinski definition) is 1. The Morgan fingerprint density at radius 1 is 1.33 bits per heavy atom. The average Bonchev–Trinajstić information content (AvgIpc) is 2.25. The third kappa shape index (κ3) is 3.85. The van der Waals surface area contributed by atoms with Gasteiger partial charge < -0.3 is 9.47 Å². The Labute approximate surface area is 89.2 Å². The molecule has 0 aromatic heterocycles. The highest BCUT2D eigenvalue weighted by Crippen LogP contribution is 2.19. The van der Waals surface area contributed by atoms with Crippen molar-refractivity contribution in [3.63, 3.8) is 0 Å². The molecule has 0 aliphatic carbocycles. The van der Waals surface area contributed by atoms with Gasteiger partial charge in [0.15, 0.2) is 0 Å². The Hall–Kier alpha value is -1.13. The summed E-state index contributed by atoms with van der Waals surface area (Å²) in [5.41, 5.74) is 0.862. The predicted octanol–water partition coefficient (Wildman–Crippen LogP) is 1.57. The van der Waals surface area contributed by atoms with Crippen molar-refractivity contribution < 1.29 is 13.9 Å². The van der Waals surface area contributed by atoms with Gasteiger partial charge in [-0.1, -0.05) is 0 Å². The van der Waals surface area contributed by atoms with Gasteiger partial charge in [0, 0.05) is 13.7 Å². The topological polar surface area (TPSA) is 30.5 Å². The van der Waals surface area contributed by atoms with Crippen LogP contribution in [0.4, 0.5) is 4.39 Å². The van der Waals surface area contributed by atoms with E-state index in [-0.39, 0.29) is 5.82 Å². The molecule has 84 valence electrons. The number of rotatable bonds is 6. The van der Waals surface area contributed by atoms with Gasteiger partial charge in [-0.25, -0.2) is 4.39 Å². The zero-order valence-corrected chi connectivity index (χ0v) is 9.05. The zero-order chi connectivity index (χ0) is 11.1. The first kappa shape index (κ1) is 11.9. The maximum atomic E-state index is 13.0. The van der Waals surface area contributed by atoms with Gasteiger partial charge in [0.1, 0.15) is 11.6 Å². The fourth-order valence-corrected chi connectivity index (χ4v) is 1.34. The first-order valence-electron chi connectivity index (χ1n) is 4.80. The molecular weight excluding hydrogens is 197 g/mol. The Morgan fingerprint density at radius 2 is 2.13 bits per heavy atom. The van der Waals surface area contributed by atoms with Gasteiger partial charge >= 0.3 is 0 Å². The van der Waals surface area contributed by atoms with E-state index in [1.165, 1.54) is 12.1 Å². The van der Waals surface area contributed by atoms with E-state index < -0.39 is 0 Å². The van der Waals surface area contributed by atoms with Gasteiger partial charge in [0.25, 0.3) is 0 Å².